The SMILES string of the molecule is ClC1(Cl)NC(Cl)(Cl)C(Cl)(Cl)C(Cl)(Cl)C1(Cl)Cl. The van der Waals surface area contributed by atoms with Gasteiger partial charge in [0.1, 0.15) is 0 Å². The molecule has 1 fully saturated rings. The van der Waals surface area contributed by atoms with Crippen molar-refractivity contribution in [2.24, 2.45) is 0 Å². The fourth-order valence-electron chi connectivity index (χ4n) is 0.946. The van der Waals surface area contributed by atoms with Crippen molar-refractivity contribution in [3.63, 3.8) is 0 Å². The monoisotopic (exact) mass is 425 g/mol. The number of hydrogen-bond acceptors (Lipinski definition) is 1. The molecule has 1 aliphatic rings. The molecule has 1 rings (SSSR count). The van der Waals surface area contributed by atoms with Gasteiger partial charge in [-0.15, -0.1) is 0 Å². The molecule has 1 N–H and O–H groups in total. The molecule has 0 aliphatic carbocycles. The number of halogens is 10. The molecule has 0 unspecified atom stereocenters. The summed E-state index contributed by atoms with van der Waals surface area (Å²) in [4.78, 5) is 0. The first-order valence-corrected chi connectivity index (χ1v) is 7.17. The maximum absolute atomic E-state index is 5.88. The molecule has 1 heterocycles. The Morgan fingerprint density at radius 1 is 0.438 bits per heavy atom. The van der Waals surface area contributed by atoms with Gasteiger partial charge < -0.3 is 0 Å². The molecule has 1 aliphatic heterocycles. The molecule has 0 spiro atoms. The molecule has 96 valence electrons. The van der Waals surface area contributed by atoms with E-state index in [2.05, 4.69) is 5.32 Å². The largest absolute Gasteiger partial charge is 0.249 e. The minimum absolute atomic E-state index is 2.07. The van der Waals surface area contributed by atoms with Gasteiger partial charge in [-0.2, -0.15) is 0 Å². The molecule has 0 radical (unpaired) electrons. The molecule has 1 nitrogen and oxygen atoms in total. The molecule has 16 heavy (non-hydrogen) atoms. The van der Waals surface area contributed by atoms with Gasteiger partial charge in [0.25, 0.3) is 0 Å². The first-order valence-electron chi connectivity index (χ1n) is 3.39. The molecular weight excluding hydrogens is 429 g/mol. The van der Waals surface area contributed by atoms with Gasteiger partial charge in [-0.3, -0.25) is 0 Å². The van der Waals surface area contributed by atoms with E-state index in [9.17, 15) is 0 Å². The zero-order valence-corrected chi connectivity index (χ0v) is 14.3. The van der Waals surface area contributed by atoms with Crippen LogP contribution in [0.4, 0.5) is 0 Å². The molecule has 0 bridgehead atoms. The van der Waals surface area contributed by atoms with Crippen LogP contribution in [0.15, 0.2) is 0 Å². The zero-order chi connectivity index (χ0) is 13.2. The van der Waals surface area contributed by atoms with Gasteiger partial charge in [0, 0.05) is 0 Å². The molecule has 0 amide bonds. The third-order valence-corrected chi connectivity index (χ3v) is 8.35. The summed E-state index contributed by atoms with van der Waals surface area (Å²) in [5, 5.41) is 2.23. The predicted octanol–water partition coefficient (Wildman–Crippen LogP) is 5.37. The Hall–Kier alpha value is 2.86. The maximum Gasteiger partial charge on any atom is 0.207 e. The van der Waals surface area contributed by atoms with Gasteiger partial charge in [0.15, 0.2) is 13.0 Å². The Balaban J connectivity index is 3.43. The number of nitrogens with one attached hydrogen (secondary N) is 1. The fraction of sp³-hybridized carbons (Fsp3) is 1.00. The van der Waals surface area contributed by atoms with E-state index < -0.39 is 21.9 Å². The highest BCUT2D eigenvalue weighted by atomic mass is 35.6. The van der Waals surface area contributed by atoms with Crippen LogP contribution in [-0.2, 0) is 0 Å². The summed E-state index contributed by atoms with van der Waals surface area (Å²) < 4.78 is -10.7. The highest BCUT2D eigenvalue weighted by Gasteiger charge is 2.79. The van der Waals surface area contributed by atoms with Crippen molar-refractivity contribution >= 4 is 116 Å². The lowest BCUT2D eigenvalue weighted by Gasteiger charge is -2.56. The van der Waals surface area contributed by atoms with Crippen molar-refractivity contribution in [2.45, 2.75) is 21.9 Å². The van der Waals surface area contributed by atoms with E-state index >= 15 is 0 Å². The second-order valence-electron chi connectivity index (χ2n) is 3.00. The van der Waals surface area contributed by atoms with E-state index in [0.29, 0.717) is 0 Å². The second-order valence-corrected chi connectivity index (χ2v) is 9.63. The first-order chi connectivity index (χ1) is 6.71. The van der Waals surface area contributed by atoms with Gasteiger partial charge in [0.2, 0.25) is 8.91 Å². The van der Waals surface area contributed by atoms with Crippen molar-refractivity contribution in [3.8, 4) is 0 Å². The van der Waals surface area contributed by atoms with E-state index in [1.807, 2.05) is 0 Å². The minimum atomic E-state index is -2.25. The Morgan fingerprint density at radius 3 is 0.938 bits per heavy atom. The predicted molar refractivity (Wildman–Crippen MR) is 75.3 cm³/mol. The van der Waals surface area contributed by atoms with Crippen LogP contribution in [0.2, 0.25) is 0 Å². The zero-order valence-electron chi connectivity index (χ0n) is 6.78. The quantitative estimate of drug-likeness (QED) is 0.403. The topological polar surface area (TPSA) is 12.0 Å². The summed E-state index contributed by atoms with van der Waals surface area (Å²) in [6, 6.07) is 0. The highest BCUT2D eigenvalue weighted by Crippen LogP contribution is 2.68. The molecule has 0 saturated carbocycles. The van der Waals surface area contributed by atoms with Crippen LogP contribution in [-0.4, -0.2) is 21.9 Å². The van der Waals surface area contributed by atoms with Crippen molar-refractivity contribution in [1.82, 2.24) is 5.32 Å². The van der Waals surface area contributed by atoms with Gasteiger partial charge in [-0.05, 0) is 0 Å². The lowest BCUT2D eigenvalue weighted by atomic mass is 10.1. The third-order valence-electron chi connectivity index (χ3n) is 1.89. The molecule has 0 atom stereocenters. The number of rotatable bonds is 0. The first kappa shape index (κ1) is 16.9. The average molecular weight is 430 g/mol. The van der Waals surface area contributed by atoms with Gasteiger partial charge in [-0.25, -0.2) is 5.32 Å². The number of piperidine rings is 1. The van der Waals surface area contributed by atoms with Crippen LogP contribution >= 0.6 is 116 Å². The molecule has 0 aromatic carbocycles. The summed E-state index contributed by atoms with van der Waals surface area (Å²) in [7, 11) is 0. The van der Waals surface area contributed by atoms with Crippen LogP contribution in [0.25, 0.3) is 0 Å². The Bertz CT molecular complexity index is 278. The summed E-state index contributed by atoms with van der Waals surface area (Å²) in [5.41, 5.74) is 0. The van der Waals surface area contributed by atoms with Crippen molar-refractivity contribution in [3.05, 3.63) is 0 Å². The van der Waals surface area contributed by atoms with Crippen LogP contribution in [0.5, 0.6) is 0 Å². The van der Waals surface area contributed by atoms with Crippen LogP contribution in [0.3, 0.4) is 0 Å². The van der Waals surface area contributed by atoms with Crippen LogP contribution < -0.4 is 5.32 Å². The van der Waals surface area contributed by atoms with E-state index in [0.717, 1.165) is 0 Å². The van der Waals surface area contributed by atoms with Crippen molar-refractivity contribution < 1.29 is 0 Å². The maximum atomic E-state index is 5.88. The van der Waals surface area contributed by atoms with E-state index in [1.54, 1.807) is 0 Å². The molecule has 1 saturated heterocycles. The second kappa shape index (κ2) is 4.43. The van der Waals surface area contributed by atoms with Crippen LogP contribution in [0.1, 0.15) is 0 Å². The Kier molecular flexibility index (Phi) is 4.68. The van der Waals surface area contributed by atoms with Crippen LogP contribution in [0, 0.1) is 0 Å². The summed E-state index contributed by atoms with van der Waals surface area (Å²) in [6.07, 6.45) is 0. The highest BCUT2D eigenvalue weighted by molar-refractivity contribution is 6.77. The summed E-state index contributed by atoms with van der Waals surface area (Å²) in [6.45, 7) is 0. The third kappa shape index (κ3) is 2.11. The van der Waals surface area contributed by atoms with E-state index in [1.165, 1.54) is 0 Å². The van der Waals surface area contributed by atoms with Gasteiger partial charge >= 0.3 is 0 Å². The summed E-state index contributed by atoms with van der Waals surface area (Å²) >= 11 is 58.4. The van der Waals surface area contributed by atoms with E-state index in [4.69, 9.17) is 116 Å². The lowest BCUT2D eigenvalue weighted by molar-refractivity contribution is 0.334. The van der Waals surface area contributed by atoms with Gasteiger partial charge in [0.05, 0.1) is 0 Å². The summed E-state index contributed by atoms with van der Waals surface area (Å²) in [5.74, 6) is 0. The molecular formula is C5HCl10N. The number of alkyl halides is 10. The molecule has 11 heteroatoms. The smallest absolute Gasteiger partial charge is 0.207 e. The van der Waals surface area contributed by atoms with Crippen molar-refractivity contribution in [2.75, 3.05) is 0 Å². The van der Waals surface area contributed by atoms with Gasteiger partial charge in [-0.1, -0.05) is 116 Å². The molecule has 0 aromatic rings. The van der Waals surface area contributed by atoms with Crippen molar-refractivity contribution in [1.29, 1.82) is 0 Å². The van der Waals surface area contributed by atoms with E-state index in [-0.39, 0.29) is 0 Å². The minimum Gasteiger partial charge on any atom is -0.249 e. The normalized spacial score (nSPS) is 33.4. The fourth-order valence-corrected chi connectivity index (χ4v) is 4.18. The Morgan fingerprint density at radius 2 is 0.688 bits per heavy atom. The number of hydrogen-bond donors (Lipinski definition) is 1. The standard InChI is InChI=1S/C5HCl10N/c6-1(7)2(8,9)4(12,13)16-5(14,15)3(1,10)11/h16H. The average Bonchev–Trinajstić information content (AvgIpc) is 1.98. The Labute approximate surface area is 142 Å². The molecule has 0 aromatic heterocycles. The lowest BCUT2D eigenvalue weighted by Crippen LogP contribution is -2.77.